The van der Waals surface area contributed by atoms with Crippen LogP contribution in [0.5, 0.6) is 5.75 Å². The van der Waals surface area contributed by atoms with E-state index in [1.165, 1.54) is 13.8 Å². The molecule has 3 aromatic rings. The minimum absolute atomic E-state index is 0.0448. The molecule has 168 valence electrons. The van der Waals surface area contributed by atoms with E-state index in [0.29, 0.717) is 18.2 Å². The SMILES string of the molecule is Cc1c(C(C)C(=O)NCC(=O)O)c2c(F)c(O)c(F)cc2n1C(=O)c1ccc(F)c(F)c1. The summed E-state index contributed by atoms with van der Waals surface area (Å²) < 4.78 is 56.7. The lowest BCUT2D eigenvalue weighted by Gasteiger charge is -2.13. The van der Waals surface area contributed by atoms with Crippen LogP contribution in [0.4, 0.5) is 17.6 Å². The van der Waals surface area contributed by atoms with Crippen molar-refractivity contribution < 1.29 is 42.2 Å². The molecule has 3 N–H and O–H groups in total. The number of benzene rings is 2. The molecule has 0 bridgehead atoms. The molecule has 7 nitrogen and oxygen atoms in total. The van der Waals surface area contributed by atoms with Crippen molar-refractivity contribution >= 4 is 28.7 Å². The summed E-state index contributed by atoms with van der Waals surface area (Å²) in [5, 5.41) is 20.1. The maximum atomic E-state index is 14.9. The van der Waals surface area contributed by atoms with E-state index in [-0.39, 0.29) is 22.3 Å². The van der Waals surface area contributed by atoms with Gasteiger partial charge in [0.1, 0.15) is 6.54 Å². The summed E-state index contributed by atoms with van der Waals surface area (Å²) in [7, 11) is 0. The molecule has 0 aliphatic rings. The van der Waals surface area contributed by atoms with Crippen molar-refractivity contribution in [2.75, 3.05) is 6.54 Å². The van der Waals surface area contributed by atoms with Gasteiger partial charge < -0.3 is 15.5 Å². The molecular weight excluding hydrogens is 436 g/mol. The molecule has 1 heterocycles. The predicted molar refractivity (Wildman–Crippen MR) is 103 cm³/mol. The molecule has 32 heavy (non-hydrogen) atoms. The van der Waals surface area contributed by atoms with Crippen molar-refractivity contribution in [1.29, 1.82) is 0 Å². The summed E-state index contributed by atoms with van der Waals surface area (Å²) in [6, 6.07) is 2.96. The third kappa shape index (κ3) is 3.77. The van der Waals surface area contributed by atoms with Crippen molar-refractivity contribution in [1.82, 2.24) is 9.88 Å². The lowest BCUT2D eigenvalue weighted by molar-refractivity contribution is -0.138. The zero-order valence-electron chi connectivity index (χ0n) is 16.7. The number of hydrogen-bond donors (Lipinski definition) is 3. The Morgan fingerprint density at radius 2 is 1.72 bits per heavy atom. The topological polar surface area (TPSA) is 109 Å². The minimum atomic E-state index is -1.44. The first kappa shape index (κ1) is 22.8. The molecule has 11 heteroatoms. The zero-order valence-corrected chi connectivity index (χ0v) is 16.7. The van der Waals surface area contributed by atoms with Gasteiger partial charge in [0, 0.05) is 22.7 Å². The van der Waals surface area contributed by atoms with E-state index in [4.69, 9.17) is 5.11 Å². The fourth-order valence-corrected chi connectivity index (χ4v) is 3.51. The molecule has 1 aromatic heterocycles. The molecule has 0 aliphatic carbocycles. The number of carboxylic acids is 1. The molecule has 0 spiro atoms. The van der Waals surface area contributed by atoms with Crippen LogP contribution < -0.4 is 5.32 Å². The van der Waals surface area contributed by atoms with E-state index in [1.807, 2.05) is 0 Å². The third-order valence-corrected chi connectivity index (χ3v) is 5.02. The Hall–Kier alpha value is -3.89. The molecule has 2 aromatic carbocycles. The first-order valence-corrected chi connectivity index (χ1v) is 9.16. The molecule has 1 amide bonds. The van der Waals surface area contributed by atoms with E-state index in [1.54, 1.807) is 0 Å². The number of carbonyl (C=O) groups is 3. The van der Waals surface area contributed by atoms with Crippen molar-refractivity contribution in [3.63, 3.8) is 0 Å². The van der Waals surface area contributed by atoms with Gasteiger partial charge in [-0.05, 0) is 37.6 Å². The van der Waals surface area contributed by atoms with Gasteiger partial charge in [-0.2, -0.15) is 0 Å². The summed E-state index contributed by atoms with van der Waals surface area (Å²) in [6.45, 7) is 1.88. The van der Waals surface area contributed by atoms with Crippen LogP contribution >= 0.6 is 0 Å². The van der Waals surface area contributed by atoms with Gasteiger partial charge in [-0.3, -0.25) is 19.0 Å². The van der Waals surface area contributed by atoms with E-state index in [2.05, 4.69) is 5.32 Å². The summed E-state index contributed by atoms with van der Waals surface area (Å²) in [5.74, 6) is -11.1. The highest BCUT2D eigenvalue weighted by Crippen LogP contribution is 2.38. The van der Waals surface area contributed by atoms with Crippen molar-refractivity contribution in [3.8, 4) is 5.75 Å². The number of carbonyl (C=O) groups excluding carboxylic acids is 2. The second kappa shape index (κ2) is 8.33. The van der Waals surface area contributed by atoms with Crippen LogP contribution in [0.2, 0.25) is 0 Å². The normalized spacial score (nSPS) is 12.1. The number of hydrogen-bond acceptors (Lipinski definition) is 4. The Bertz CT molecular complexity index is 1290. The number of nitrogens with zero attached hydrogens (tertiary/aromatic N) is 1. The van der Waals surface area contributed by atoms with Gasteiger partial charge in [0.05, 0.1) is 11.4 Å². The van der Waals surface area contributed by atoms with Crippen LogP contribution in [-0.2, 0) is 9.59 Å². The molecule has 0 saturated carbocycles. The number of rotatable bonds is 5. The maximum absolute atomic E-state index is 14.9. The highest BCUT2D eigenvalue weighted by molar-refractivity contribution is 6.06. The quantitative estimate of drug-likeness (QED) is 0.516. The Balaban J connectivity index is 2.27. The number of phenolic OH excluding ortho intramolecular Hbond substituents is 1. The van der Waals surface area contributed by atoms with Gasteiger partial charge in [-0.1, -0.05) is 0 Å². The number of carboxylic acid groups (broad SMARTS) is 1. The Kier molecular flexibility index (Phi) is 5.93. The number of aliphatic carboxylic acids is 1. The monoisotopic (exact) mass is 452 g/mol. The van der Waals surface area contributed by atoms with Gasteiger partial charge in [0.25, 0.3) is 5.91 Å². The minimum Gasteiger partial charge on any atom is -0.503 e. The number of halogens is 4. The second-order valence-electron chi connectivity index (χ2n) is 7.02. The molecule has 0 saturated heterocycles. The van der Waals surface area contributed by atoms with Crippen molar-refractivity contribution in [2.45, 2.75) is 19.8 Å². The fraction of sp³-hybridized carbons (Fsp3) is 0.190. The standard InChI is InChI=1S/C21H16F4N2O5/c1-8(20(31)26-7-15(28)29)16-9(2)27(14-6-13(24)19(30)18(25)17(14)16)21(32)10-3-4-11(22)12(23)5-10/h3-6,8,30H,7H2,1-2H3,(H,26,31)(H,28,29). The number of phenols is 1. The largest absolute Gasteiger partial charge is 0.503 e. The third-order valence-electron chi connectivity index (χ3n) is 5.02. The molecule has 1 unspecified atom stereocenters. The predicted octanol–water partition coefficient (Wildman–Crippen LogP) is 3.20. The van der Waals surface area contributed by atoms with Gasteiger partial charge in [0.2, 0.25) is 5.91 Å². The van der Waals surface area contributed by atoms with E-state index in [0.717, 1.165) is 10.6 Å². The average molecular weight is 452 g/mol. The first-order chi connectivity index (χ1) is 15.0. The Morgan fingerprint density at radius 1 is 1.06 bits per heavy atom. The lowest BCUT2D eigenvalue weighted by Crippen LogP contribution is -2.32. The Morgan fingerprint density at radius 3 is 2.31 bits per heavy atom. The van der Waals surface area contributed by atoms with Crippen LogP contribution in [0.3, 0.4) is 0 Å². The molecule has 0 aliphatic heterocycles. The van der Waals surface area contributed by atoms with Crippen molar-refractivity contribution in [2.24, 2.45) is 0 Å². The zero-order chi connectivity index (χ0) is 23.9. The summed E-state index contributed by atoms with van der Waals surface area (Å²) in [5.41, 5.74) is -0.867. The van der Waals surface area contributed by atoms with E-state index in [9.17, 15) is 37.1 Å². The number of fused-ring (bicyclic) bond motifs is 1. The van der Waals surface area contributed by atoms with Gasteiger partial charge >= 0.3 is 5.97 Å². The highest BCUT2D eigenvalue weighted by atomic mass is 19.2. The van der Waals surface area contributed by atoms with Crippen LogP contribution in [-0.4, -0.2) is 39.1 Å². The molecule has 1 atom stereocenters. The Labute approximate surface area is 177 Å². The highest BCUT2D eigenvalue weighted by Gasteiger charge is 2.31. The number of nitrogens with one attached hydrogen (secondary N) is 1. The summed E-state index contributed by atoms with van der Waals surface area (Å²) in [4.78, 5) is 36.2. The summed E-state index contributed by atoms with van der Waals surface area (Å²) >= 11 is 0. The number of aromatic nitrogens is 1. The molecule has 0 fully saturated rings. The molecular formula is C21H16F4N2O5. The smallest absolute Gasteiger partial charge is 0.322 e. The van der Waals surface area contributed by atoms with Gasteiger partial charge in [0.15, 0.2) is 29.0 Å². The molecule has 0 radical (unpaired) electrons. The van der Waals surface area contributed by atoms with Gasteiger partial charge in [-0.25, -0.2) is 17.6 Å². The molecule has 3 rings (SSSR count). The van der Waals surface area contributed by atoms with Gasteiger partial charge in [-0.15, -0.1) is 0 Å². The second-order valence-corrected chi connectivity index (χ2v) is 7.02. The number of aromatic hydroxyl groups is 1. The van der Waals surface area contributed by atoms with Crippen LogP contribution in [0.25, 0.3) is 10.9 Å². The van der Waals surface area contributed by atoms with Crippen molar-refractivity contribution in [3.05, 3.63) is 64.4 Å². The van der Waals surface area contributed by atoms with E-state index >= 15 is 0 Å². The van der Waals surface area contributed by atoms with Crippen LogP contribution in [0, 0.1) is 30.2 Å². The lowest BCUT2D eigenvalue weighted by atomic mass is 9.96. The maximum Gasteiger partial charge on any atom is 0.322 e. The summed E-state index contributed by atoms with van der Waals surface area (Å²) in [6.07, 6.45) is 0. The van der Waals surface area contributed by atoms with Crippen LogP contribution in [0.1, 0.15) is 34.5 Å². The number of amides is 1. The first-order valence-electron chi connectivity index (χ1n) is 9.16. The van der Waals surface area contributed by atoms with Crippen LogP contribution in [0.15, 0.2) is 24.3 Å². The fourth-order valence-electron chi connectivity index (χ4n) is 3.51. The average Bonchev–Trinajstić information content (AvgIpc) is 3.02. The van der Waals surface area contributed by atoms with E-state index < -0.39 is 64.7 Å².